The molecular weight excluding hydrogens is 853 g/mol. The van der Waals surface area contributed by atoms with Gasteiger partial charge in [0, 0.05) is 19.3 Å². The van der Waals surface area contributed by atoms with Crippen LogP contribution in [0, 0.1) is 0 Å². The summed E-state index contributed by atoms with van der Waals surface area (Å²) in [5, 5.41) is 0. The highest BCUT2D eigenvalue weighted by molar-refractivity contribution is 5.71. The third-order valence-electron chi connectivity index (χ3n) is 12.4. The molecule has 0 saturated carbocycles. The molecule has 0 spiro atoms. The van der Waals surface area contributed by atoms with Crippen molar-refractivity contribution in [2.75, 3.05) is 13.2 Å². The number of hydrogen-bond donors (Lipinski definition) is 0. The molecule has 0 aromatic heterocycles. The Labute approximate surface area is 426 Å². The van der Waals surface area contributed by atoms with Crippen molar-refractivity contribution < 1.29 is 28.6 Å². The molecule has 0 saturated heterocycles. The fourth-order valence-corrected chi connectivity index (χ4v) is 8.05. The van der Waals surface area contributed by atoms with E-state index in [2.05, 4.69) is 99.8 Å². The zero-order chi connectivity index (χ0) is 50.0. The predicted molar refractivity (Wildman–Crippen MR) is 297 cm³/mol. The summed E-state index contributed by atoms with van der Waals surface area (Å²) in [6.07, 6.45) is 74.4. The van der Waals surface area contributed by atoms with Crippen LogP contribution in [0.15, 0.2) is 85.1 Å². The molecule has 0 unspecified atom stereocenters. The standard InChI is InChI=1S/C63H108O6/c1-4-7-10-13-16-19-22-25-27-29-31-33-35-38-41-44-47-50-53-56-62(65)68-59-60(58-67-61(64)55-52-49-46-43-40-37-24-21-18-15-12-9-6-3)69-63(66)57-54-51-48-45-42-39-36-34-32-30-28-26-23-20-17-14-11-8-5-2/h8,11,17,20,25-28,32,34,39,42,48,51,60H,4-7,9-10,12-16,18-19,21-24,29-31,33,35-38,40-41,43-47,49-50,52-59H2,1-3H3/b11-8-,20-17-,27-25-,28-26-,34-32-,42-39-,51-48-/t60-/m0/s1. The van der Waals surface area contributed by atoms with Crippen LogP contribution in [0.1, 0.15) is 278 Å². The SMILES string of the molecule is CC/C=C\C/C=C\C/C=C\C/C=C\C/C=C\C/C=C\CCC(=O)O[C@H](COC(=O)CCCCCCCCCCC/C=C\CCCCCCCC)COC(=O)CCCCCCCCCCCCCCC. The summed E-state index contributed by atoms with van der Waals surface area (Å²) >= 11 is 0. The van der Waals surface area contributed by atoms with Gasteiger partial charge in [-0.1, -0.05) is 260 Å². The zero-order valence-electron chi connectivity index (χ0n) is 45.3. The van der Waals surface area contributed by atoms with Crippen LogP contribution in [0.3, 0.4) is 0 Å². The normalized spacial score (nSPS) is 12.7. The molecule has 0 aromatic carbocycles. The minimum Gasteiger partial charge on any atom is -0.462 e. The average molecular weight is 962 g/mol. The van der Waals surface area contributed by atoms with Crippen LogP contribution < -0.4 is 0 Å². The van der Waals surface area contributed by atoms with Crippen LogP contribution in [0.5, 0.6) is 0 Å². The summed E-state index contributed by atoms with van der Waals surface area (Å²) in [7, 11) is 0. The summed E-state index contributed by atoms with van der Waals surface area (Å²) in [6.45, 7) is 6.48. The maximum Gasteiger partial charge on any atom is 0.306 e. The molecule has 0 heterocycles. The largest absolute Gasteiger partial charge is 0.462 e. The Morgan fingerprint density at radius 1 is 0.304 bits per heavy atom. The fourth-order valence-electron chi connectivity index (χ4n) is 8.05. The number of unbranched alkanes of at least 4 members (excludes halogenated alkanes) is 27. The first-order valence-corrected chi connectivity index (χ1v) is 29.1. The van der Waals surface area contributed by atoms with Gasteiger partial charge >= 0.3 is 17.9 Å². The molecule has 0 radical (unpaired) electrons. The van der Waals surface area contributed by atoms with E-state index in [1.54, 1.807) is 0 Å². The van der Waals surface area contributed by atoms with E-state index in [1.807, 2.05) is 6.08 Å². The minimum atomic E-state index is -0.816. The van der Waals surface area contributed by atoms with Crippen molar-refractivity contribution in [1.82, 2.24) is 0 Å². The average Bonchev–Trinajstić information content (AvgIpc) is 3.35. The van der Waals surface area contributed by atoms with Crippen LogP contribution in [0.2, 0.25) is 0 Å². The zero-order valence-corrected chi connectivity index (χ0v) is 45.3. The molecular formula is C63H108O6. The lowest BCUT2D eigenvalue weighted by molar-refractivity contribution is -0.166. The molecule has 0 aliphatic rings. The molecule has 0 aromatic rings. The summed E-state index contributed by atoms with van der Waals surface area (Å²) in [6, 6.07) is 0. The lowest BCUT2D eigenvalue weighted by Crippen LogP contribution is -2.30. The second-order valence-electron chi connectivity index (χ2n) is 19.2. The molecule has 0 N–H and O–H groups in total. The highest BCUT2D eigenvalue weighted by atomic mass is 16.6. The minimum absolute atomic E-state index is 0.105. The molecule has 6 nitrogen and oxygen atoms in total. The van der Waals surface area contributed by atoms with Crippen molar-refractivity contribution in [3.63, 3.8) is 0 Å². The molecule has 0 rings (SSSR count). The highest BCUT2D eigenvalue weighted by Crippen LogP contribution is 2.15. The van der Waals surface area contributed by atoms with Crippen molar-refractivity contribution in [2.24, 2.45) is 0 Å². The Hall–Kier alpha value is -3.41. The van der Waals surface area contributed by atoms with Crippen molar-refractivity contribution in [2.45, 2.75) is 284 Å². The van der Waals surface area contributed by atoms with E-state index in [1.165, 1.54) is 154 Å². The van der Waals surface area contributed by atoms with Gasteiger partial charge in [0.25, 0.3) is 0 Å². The first-order valence-electron chi connectivity index (χ1n) is 29.1. The molecule has 0 aliphatic carbocycles. The Morgan fingerprint density at radius 3 is 0.942 bits per heavy atom. The van der Waals surface area contributed by atoms with E-state index in [-0.39, 0.29) is 31.6 Å². The summed E-state index contributed by atoms with van der Waals surface area (Å²) in [5.74, 6) is -0.984. The molecule has 0 bridgehead atoms. The summed E-state index contributed by atoms with van der Waals surface area (Å²) in [4.78, 5) is 38.1. The molecule has 0 fully saturated rings. The lowest BCUT2D eigenvalue weighted by atomic mass is 10.0. The number of esters is 3. The smallest absolute Gasteiger partial charge is 0.306 e. The van der Waals surface area contributed by atoms with E-state index in [0.717, 1.165) is 77.0 Å². The Balaban J connectivity index is 4.47. The first-order chi connectivity index (χ1) is 34.0. The van der Waals surface area contributed by atoms with Gasteiger partial charge in [-0.2, -0.15) is 0 Å². The number of hydrogen-bond acceptors (Lipinski definition) is 6. The van der Waals surface area contributed by atoms with Crippen molar-refractivity contribution >= 4 is 17.9 Å². The van der Waals surface area contributed by atoms with E-state index in [0.29, 0.717) is 19.3 Å². The molecule has 396 valence electrons. The molecule has 6 heteroatoms. The number of carbonyl (C=O) groups is 3. The molecule has 0 aliphatic heterocycles. The van der Waals surface area contributed by atoms with Gasteiger partial charge < -0.3 is 14.2 Å². The molecule has 0 amide bonds. The third kappa shape index (κ3) is 55.4. The van der Waals surface area contributed by atoms with Crippen LogP contribution >= 0.6 is 0 Å². The second kappa shape index (κ2) is 57.2. The van der Waals surface area contributed by atoms with Crippen LogP contribution in [0.4, 0.5) is 0 Å². The lowest BCUT2D eigenvalue weighted by Gasteiger charge is -2.18. The molecule has 69 heavy (non-hydrogen) atoms. The van der Waals surface area contributed by atoms with E-state index in [9.17, 15) is 14.4 Å². The quantitative estimate of drug-likeness (QED) is 0.0262. The monoisotopic (exact) mass is 961 g/mol. The Morgan fingerprint density at radius 2 is 0.594 bits per heavy atom. The first kappa shape index (κ1) is 65.6. The van der Waals surface area contributed by atoms with Gasteiger partial charge in [-0.05, 0) is 83.5 Å². The van der Waals surface area contributed by atoms with Crippen molar-refractivity contribution in [1.29, 1.82) is 0 Å². The number of rotatable bonds is 52. The third-order valence-corrected chi connectivity index (χ3v) is 12.4. The van der Waals surface area contributed by atoms with Crippen LogP contribution in [-0.4, -0.2) is 37.2 Å². The topological polar surface area (TPSA) is 78.9 Å². The second-order valence-corrected chi connectivity index (χ2v) is 19.2. The summed E-state index contributed by atoms with van der Waals surface area (Å²) < 4.78 is 16.8. The number of carbonyl (C=O) groups excluding carboxylic acids is 3. The van der Waals surface area contributed by atoms with E-state index < -0.39 is 12.1 Å². The van der Waals surface area contributed by atoms with Crippen molar-refractivity contribution in [3.05, 3.63) is 85.1 Å². The molecule has 1 atom stereocenters. The van der Waals surface area contributed by atoms with Gasteiger partial charge in [0.15, 0.2) is 6.10 Å². The number of ether oxygens (including phenoxy) is 3. The summed E-state index contributed by atoms with van der Waals surface area (Å²) in [5.41, 5.74) is 0. The number of allylic oxidation sites excluding steroid dienone is 14. The maximum atomic E-state index is 12.8. The van der Waals surface area contributed by atoms with Gasteiger partial charge in [-0.3, -0.25) is 14.4 Å². The maximum absolute atomic E-state index is 12.8. The fraction of sp³-hybridized carbons (Fsp3) is 0.730. The van der Waals surface area contributed by atoms with Gasteiger partial charge in [0.05, 0.1) is 0 Å². The Kier molecular flexibility index (Phi) is 54.3. The van der Waals surface area contributed by atoms with E-state index in [4.69, 9.17) is 14.2 Å². The van der Waals surface area contributed by atoms with Crippen LogP contribution in [0.25, 0.3) is 0 Å². The predicted octanol–water partition coefficient (Wildman–Crippen LogP) is 19.5. The van der Waals surface area contributed by atoms with Crippen LogP contribution in [-0.2, 0) is 28.6 Å². The van der Waals surface area contributed by atoms with Gasteiger partial charge in [-0.25, -0.2) is 0 Å². The van der Waals surface area contributed by atoms with Gasteiger partial charge in [0.1, 0.15) is 13.2 Å². The van der Waals surface area contributed by atoms with Crippen molar-refractivity contribution in [3.8, 4) is 0 Å². The van der Waals surface area contributed by atoms with E-state index >= 15 is 0 Å². The highest BCUT2D eigenvalue weighted by Gasteiger charge is 2.19. The van der Waals surface area contributed by atoms with Gasteiger partial charge in [-0.15, -0.1) is 0 Å². The Bertz CT molecular complexity index is 1330. The van der Waals surface area contributed by atoms with Gasteiger partial charge in [0.2, 0.25) is 0 Å².